The highest BCUT2D eigenvalue weighted by atomic mass is 32.2. The molecule has 0 bridgehead atoms. The maximum absolute atomic E-state index is 12.4. The monoisotopic (exact) mass is 382 g/mol. The number of hydrogen-bond acceptors (Lipinski definition) is 5. The van der Waals surface area contributed by atoms with Crippen LogP contribution >= 0.6 is 0 Å². The van der Waals surface area contributed by atoms with Crippen LogP contribution in [0.4, 0.5) is 0 Å². The molecule has 0 radical (unpaired) electrons. The van der Waals surface area contributed by atoms with Crippen molar-refractivity contribution in [2.45, 2.75) is 51.1 Å². The number of fused-ring (bicyclic) bond motifs is 1. The molecule has 0 aromatic heterocycles. The Morgan fingerprint density at radius 1 is 1.15 bits per heavy atom. The molecule has 1 N–H and O–H groups in total. The summed E-state index contributed by atoms with van der Waals surface area (Å²) in [4.78, 5) is 12.4. The van der Waals surface area contributed by atoms with Crippen LogP contribution in [0.25, 0.3) is 0 Å². The molecule has 26 heavy (non-hydrogen) atoms. The SMILES string of the molecule is CS(=O)(=O)N(CC(=O)NC1CCCCCC1)Cc1ccc2c(c1)OCO2. The van der Waals surface area contributed by atoms with Gasteiger partial charge < -0.3 is 14.8 Å². The van der Waals surface area contributed by atoms with Gasteiger partial charge in [-0.25, -0.2) is 8.42 Å². The van der Waals surface area contributed by atoms with Crippen molar-refractivity contribution >= 4 is 15.9 Å². The maximum Gasteiger partial charge on any atom is 0.235 e. The first kappa shape index (κ1) is 19.0. The number of sulfonamides is 1. The quantitative estimate of drug-likeness (QED) is 0.761. The molecule has 0 spiro atoms. The molecule has 1 aliphatic carbocycles. The largest absolute Gasteiger partial charge is 0.454 e. The molecule has 1 amide bonds. The molecular weight excluding hydrogens is 356 g/mol. The number of carbonyl (C=O) groups excluding carboxylic acids is 1. The Morgan fingerprint density at radius 3 is 2.54 bits per heavy atom. The Kier molecular flexibility index (Phi) is 6.03. The molecule has 1 aromatic rings. The predicted octanol–water partition coefficient (Wildman–Crippen LogP) is 2.02. The summed E-state index contributed by atoms with van der Waals surface area (Å²) >= 11 is 0. The van der Waals surface area contributed by atoms with E-state index in [0.29, 0.717) is 11.5 Å². The lowest BCUT2D eigenvalue weighted by atomic mass is 10.1. The van der Waals surface area contributed by atoms with E-state index in [0.717, 1.165) is 37.5 Å². The van der Waals surface area contributed by atoms with E-state index in [1.807, 2.05) is 0 Å². The standard InChI is InChI=1S/C18H26N2O5S/c1-26(22,23)20(11-14-8-9-16-17(10-14)25-13-24-16)12-18(21)19-15-6-4-2-3-5-7-15/h8-10,15H,2-7,11-13H2,1H3,(H,19,21). The fourth-order valence-electron chi connectivity index (χ4n) is 3.39. The van der Waals surface area contributed by atoms with E-state index >= 15 is 0 Å². The van der Waals surface area contributed by atoms with Crippen molar-refractivity contribution in [3.05, 3.63) is 23.8 Å². The first-order valence-corrected chi connectivity index (χ1v) is 10.9. The summed E-state index contributed by atoms with van der Waals surface area (Å²) in [6.07, 6.45) is 7.67. The third kappa shape index (κ3) is 5.11. The second-order valence-corrected chi connectivity index (χ2v) is 8.96. The van der Waals surface area contributed by atoms with E-state index in [4.69, 9.17) is 9.47 Å². The van der Waals surface area contributed by atoms with Crippen LogP contribution in [0.2, 0.25) is 0 Å². The Labute approximate surface area is 154 Å². The van der Waals surface area contributed by atoms with Crippen molar-refractivity contribution in [2.24, 2.45) is 0 Å². The molecular formula is C18H26N2O5S. The minimum absolute atomic E-state index is 0.119. The fraction of sp³-hybridized carbons (Fsp3) is 0.611. The highest BCUT2D eigenvalue weighted by Gasteiger charge is 2.23. The summed E-state index contributed by atoms with van der Waals surface area (Å²) in [5.74, 6) is 0.993. The Bertz CT molecular complexity index is 742. The second-order valence-electron chi connectivity index (χ2n) is 6.97. The van der Waals surface area contributed by atoms with Gasteiger partial charge in [-0.15, -0.1) is 0 Å². The van der Waals surface area contributed by atoms with E-state index < -0.39 is 10.0 Å². The molecule has 1 heterocycles. The third-order valence-corrected chi connectivity index (χ3v) is 6.00. The number of carbonyl (C=O) groups is 1. The Balaban J connectivity index is 1.63. The summed E-state index contributed by atoms with van der Waals surface area (Å²) in [6.45, 7) is 0.107. The number of nitrogens with zero attached hydrogens (tertiary/aromatic N) is 1. The van der Waals surface area contributed by atoms with Crippen LogP contribution < -0.4 is 14.8 Å². The summed E-state index contributed by atoms with van der Waals surface area (Å²) in [7, 11) is -3.52. The van der Waals surface area contributed by atoms with Crippen molar-refractivity contribution in [2.75, 3.05) is 19.6 Å². The molecule has 0 atom stereocenters. The third-order valence-electron chi connectivity index (χ3n) is 4.81. The highest BCUT2D eigenvalue weighted by molar-refractivity contribution is 7.88. The van der Waals surface area contributed by atoms with E-state index in [2.05, 4.69) is 5.32 Å². The summed E-state index contributed by atoms with van der Waals surface area (Å²) in [6, 6.07) is 5.44. The predicted molar refractivity (Wildman–Crippen MR) is 97.5 cm³/mol. The molecule has 1 saturated carbocycles. The van der Waals surface area contributed by atoms with E-state index in [1.54, 1.807) is 18.2 Å². The molecule has 1 aliphatic heterocycles. The van der Waals surface area contributed by atoms with E-state index in [1.165, 1.54) is 17.1 Å². The highest BCUT2D eigenvalue weighted by Crippen LogP contribution is 2.33. The topological polar surface area (TPSA) is 84.9 Å². The van der Waals surface area contributed by atoms with Crippen molar-refractivity contribution in [1.29, 1.82) is 0 Å². The van der Waals surface area contributed by atoms with E-state index in [-0.39, 0.29) is 31.8 Å². The second kappa shape index (κ2) is 8.26. The van der Waals surface area contributed by atoms with E-state index in [9.17, 15) is 13.2 Å². The summed E-state index contributed by atoms with van der Waals surface area (Å²) < 4.78 is 36.1. The molecule has 0 unspecified atom stereocenters. The van der Waals surface area contributed by atoms with Crippen molar-refractivity contribution in [1.82, 2.24) is 9.62 Å². The van der Waals surface area contributed by atoms with Crippen LogP contribution in [-0.2, 0) is 21.4 Å². The average Bonchev–Trinajstić information content (AvgIpc) is 2.89. The van der Waals surface area contributed by atoms with Crippen LogP contribution in [0.1, 0.15) is 44.1 Å². The normalized spacial score (nSPS) is 17.9. The molecule has 7 nitrogen and oxygen atoms in total. The van der Waals surface area contributed by atoms with Crippen LogP contribution in [0, 0.1) is 0 Å². The molecule has 2 aliphatic rings. The van der Waals surface area contributed by atoms with Gasteiger partial charge in [0.05, 0.1) is 12.8 Å². The van der Waals surface area contributed by atoms with Crippen molar-refractivity contribution in [3.63, 3.8) is 0 Å². The molecule has 0 saturated heterocycles. The Hall–Kier alpha value is -1.80. The van der Waals surface area contributed by atoms with Crippen molar-refractivity contribution in [3.8, 4) is 11.5 Å². The van der Waals surface area contributed by atoms with Gasteiger partial charge in [0, 0.05) is 12.6 Å². The lowest BCUT2D eigenvalue weighted by Crippen LogP contribution is -2.43. The number of hydrogen-bond donors (Lipinski definition) is 1. The minimum Gasteiger partial charge on any atom is -0.454 e. The number of ether oxygens (including phenoxy) is 2. The number of nitrogens with one attached hydrogen (secondary N) is 1. The summed E-state index contributed by atoms with van der Waals surface area (Å²) in [5, 5.41) is 3.00. The zero-order valence-corrected chi connectivity index (χ0v) is 15.9. The van der Waals surface area contributed by atoms with Crippen LogP contribution in [0.5, 0.6) is 11.5 Å². The van der Waals surface area contributed by atoms with Crippen LogP contribution in [-0.4, -0.2) is 44.3 Å². The first-order valence-electron chi connectivity index (χ1n) is 9.05. The first-order chi connectivity index (χ1) is 12.4. The van der Waals surface area contributed by atoms with Gasteiger partial charge in [0.1, 0.15) is 0 Å². The van der Waals surface area contributed by atoms with Gasteiger partial charge in [0.2, 0.25) is 22.7 Å². The molecule has 1 fully saturated rings. The van der Waals surface area contributed by atoms with Gasteiger partial charge in [-0.2, -0.15) is 4.31 Å². The fourth-order valence-corrected chi connectivity index (χ4v) is 4.13. The van der Waals surface area contributed by atoms with Crippen LogP contribution in [0.3, 0.4) is 0 Å². The average molecular weight is 382 g/mol. The van der Waals surface area contributed by atoms with Crippen LogP contribution in [0.15, 0.2) is 18.2 Å². The minimum atomic E-state index is -3.52. The number of benzene rings is 1. The van der Waals surface area contributed by atoms with Gasteiger partial charge in [0.25, 0.3) is 0 Å². The van der Waals surface area contributed by atoms with Gasteiger partial charge in [-0.3, -0.25) is 4.79 Å². The molecule has 3 rings (SSSR count). The molecule has 1 aromatic carbocycles. The van der Waals surface area contributed by atoms with Gasteiger partial charge in [-0.05, 0) is 30.5 Å². The lowest BCUT2D eigenvalue weighted by Gasteiger charge is -2.22. The van der Waals surface area contributed by atoms with Gasteiger partial charge >= 0.3 is 0 Å². The lowest BCUT2D eigenvalue weighted by molar-refractivity contribution is -0.122. The van der Waals surface area contributed by atoms with Crippen molar-refractivity contribution < 1.29 is 22.7 Å². The Morgan fingerprint density at radius 2 is 1.85 bits per heavy atom. The number of rotatable bonds is 6. The molecule has 144 valence electrons. The molecule has 8 heteroatoms. The maximum atomic E-state index is 12.4. The zero-order valence-electron chi connectivity index (χ0n) is 15.1. The summed E-state index contributed by atoms with van der Waals surface area (Å²) in [5.41, 5.74) is 0.752. The van der Waals surface area contributed by atoms with Gasteiger partial charge in [-0.1, -0.05) is 31.7 Å². The van der Waals surface area contributed by atoms with Gasteiger partial charge in [0.15, 0.2) is 11.5 Å². The zero-order chi connectivity index (χ0) is 18.6. The number of amides is 1. The smallest absolute Gasteiger partial charge is 0.235 e.